The Morgan fingerprint density at radius 3 is 2.39 bits per heavy atom. The highest BCUT2D eigenvalue weighted by atomic mass is 16.5. The second-order valence-corrected chi connectivity index (χ2v) is 5.67. The maximum atomic E-state index is 5.92. The molecule has 1 aliphatic heterocycles. The van der Waals surface area contributed by atoms with Gasteiger partial charge in [0, 0.05) is 0 Å². The monoisotopic (exact) mass is 247 g/mol. The first-order valence-electron chi connectivity index (χ1n) is 7.06. The summed E-state index contributed by atoms with van der Waals surface area (Å²) in [5.41, 5.74) is 4.15. The van der Waals surface area contributed by atoms with Crippen molar-refractivity contribution in [3.05, 3.63) is 28.8 Å². The summed E-state index contributed by atoms with van der Waals surface area (Å²) >= 11 is 0. The quantitative estimate of drug-likeness (QED) is 0.882. The zero-order valence-electron chi connectivity index (χ0n) is 12.0. The van der Waals surface area contributed by atoms with Gasteiger partial charge >= 0.3 is 0 Å². The van der Waals surface area contributed by atoms with Crippen molar-refractivity contribution in [1.82, 2.24) is 5.32 Å². The SMILES string of the molecule is Cc1cc(C)c(C2CCNCC2)cc1OC(C)C. The predicted molar refractivity (Wildman–Crippen MR) is 76.5 cm³/mol. The maximum Gasteiger partial charge on any atom is 0.122 e. The van der Waals surface area contributed by atoms with Crippen molar-refractivity contribution in [1.29, 1.82) is 0 Å². The van der Waals surface area contributed by atoms with Crippen LogP contribution in [0.2, 0.25) is 0 Å². The average Bonchev–Trinajstić information content (AvgIpc) is 2.33. The van der Waals surface area contributed by atoms with Gasteiger partial charge in [0.15, 0.2) is 0 Å². The highest BCUT2D eigenvalue weighted by Crippen LogP contribution is 2.33. The minimum Gasteiger partial charge on any atom is -0.491 e. The van der Waals surface area contributed by atoms with E-state index < -0.39 is 0 Å². The summed E-state index contributed by atoms with van der Waals surface area (Å²) in [6.45, 7) is 10.8. The van der Waals surface area contributed by atoms with Crippen molar-refractivity contribution in [2.45, 2.75) is 52.6 Å². The van der Waals surface area contributed by atoms with Crippen LogP contribution in [0, 0.1) is 13.8 Å². The van der Waals surface area contributed by atoms with E-state index in [1.807, 2.05) is 0 Å². The molecule has 0 unspecified atom stereocenters. The van der Waals surface area contributed by atoms with Crippen LogP contribution in [-0.2, 0) is 0 Å². The Labute approximate surface area is 111 Å². The molecule has 1 N–H and O–H groups in total. The summed E-state index contributed by atoms with van der Waals surface area (Å²) in [7, 11) is 0. The largest absolute Gasteiger partial charge is 0.491 e. The molecule has 0 atom stereocenters. The molecule has 2 nitrogen and oxygen atoms in total. The third-order valence-corrected chi connectivity index (χ3v) is 3.71. The van der Waals surface area contributed by atoms with Crippen molar-refractivity contribution >= 4 is 0 Å². The van der Waals surface area contributed by atoms with E-state index in [2.05, 4.69) is 45.1 Å². The standard InChI is InChI=1S/C16H25NO/c1-11(2)18-16-10-15(12(3)9-13(16)4)14-5-7-17-8-6-14/h9-11,14,17H,5-8H2,1-4H3. The molecule has 1 saturated heterocycles. The minimum absolute atomic E-state index is 0.243. The smallest absolute Gasteiger partial charge is 0.122 e. The third-order valence-electron chi connectivity index (χ3n) is 3.71. The molecule has 2 heteroatoms. The normalized spacial score (nSPS) is 17.2. The van der Waals surface area contributed by atoms with Gasteiger partial charge in [-0.15, -0.1) is 0 Å². The number of piperidine rings is 1. The number of aryl methyl sites for hydroxylation is 2. The van der Waals surface area contributed by atoms with Crippen molar-refractivity contribution in [2.75, 3.05) is 13.1 Å². The molecule has 0 amide bonds. The first-order chi connectivity index (χ1) is 8.58. The van der Waals surface area contributed by atoms with E-state index in [-0.39, 0.29) is 6.10 Å². The lowest BCUT2D eigenvalue weighted by Gasteiger charge is -2.26. The summed E-state index contributed by atoms with van der Waals surface area (Å²) in [5.74, 6) is 1.76. The van der Waals surface area contributed by atoms with Crippen LogP contribution in [0.4, 0.5) is 0 Å². The molecule has 0 aliphatic carbocycles. The van der Waals surface area contributed by atoms with Gasteiger partial charge in [0.25, 0.3) is 0 Å². The lowest BCUT2D eigenvalue weighted by molar-refractivity contribution is 0.240. The van der Waals surface area contributed by atoms with E-state index in [9.17, 15) is 0 Å². The number of rotatable bonds is 3. The average molecular weight is 247 g/mol. The molecule has 0 saturated carbocycles. The van der Waals surface area contributed by atoms with E-state index in [4.69, 9.17) is 4.74 Å². The molecule has 2 rings (SSSR count). The fourth-order valence-corrected chi connectivity index (χ4v) is 2.80. The van der Waals surface area contributed by atoms with Crippen LogP contribution in [0.15, 0.2) is 12.1 Å². The minimum atomic E-state index is 0.243. The zero-order valence-corrected chi connectivity index (χ0v) is 12.0. The van der Waals surface area contributed by atoms with Crippen LogP contribution >= 0.6 is 0 Å². The summed E-state index contributed by atoms with van der Waals surface area (Å²) in [6, 6.07) is 4.55. The van der Waals surface area contributed by atoms with Gasteiger partial charge in [0.1, 0.15) is 5.75 Å². The van der Waals surface area contributed by atoms with Gasteiger partial charge in [-0.2, -0.15) is 0 Å². The third kappa shape index (κ3) is 3.05. The van der Waals surface area contributed by atoms with Gasteiger partial charge in [-0.3, -0.25) is 0 Å². The summed E-state index contributed by atoms with van der Waals surface area (Å²) in [6.07, 6.45) is 2.73. The Hall–Kier alpha value is -1.02. The molecule has 1 aromatic rings. The Bertz CT molecular complexity index is 406. The predicted octanol–water partition coefficient (Wildman–Crippen LogP) is 3.56. The van der Waals surface area contributed by atoms with Crippen LogP contribution < -0.4 is 10.1 Å². The van der Waals surface area contributed by atoms with Crippen LogP contribution in [0.5, 0.6) is 5.75 Å². The number of ether oxygens (including phenoxy) is 1. The fourth-order valence-electron chi connectivity index (χ4n) is 2.80. The van der Waals surface area contributed by atoms with E-state index in [1.165, 1.54) is 29.5 Å². The van der Waals surface area contributed by atoms with Crippen LogP contribution in [0.3, 0.4) is 0 Å². The molecule has 1 fully saturated rings. The Kier molecular flexibility index (Phi) is 4.28. The summed E-state index contributed by atoms with van der Waals surface area (Å²) < 4.78 is 5.92. The van der Waals surface area contributed by atoms with Crippen LogP contribution in [0.25, 0.3) is 0 Å². The number of hydrogen-bond acceptors (Lipinski definition) is 2. The van der Waals surface area contributed by atoms with Gasteiger partial charge in [0.05, 0.1) is 6.10 Å². The second kappa shape index (κ2) is 5.75. The van der Waals surface area contributed by atoms with Gasteiger partial charge in [-0.05, 0) is 82.3 Å². The first kappa shape index (κ1) is 13.4. The highest BCUT2D eigenvalue weighted by molar-refractivity contribution is 5.43. The molecule has 0 aromatic heterocycles. The van der Waals surface area contributed by atoms with Gasteiger partial charge in [-0.1, -0.05) is 6.07 Å². The number of benzene rings is 1. The van der Waals surface area contributed by atoms with E-state index in [0.29, 0.717) is 5.92 Å². The molecule has 18 heavy (non-hydrogen) atoms. The molecule has 0 spiro atoms. The molecule has 1 aromatic carbocycles. The van der Waals surface area contributed by atoms with E-state index >= 15 is 0 Å². The molecular formula is C16H25NO. The second-order valence-electron chi connectivity index (χ2n) is 5.67. The number of nitrogens with one attached hydrogen (secondary N) is 1. The first-order valence-corrected chi connectivity index (χ1v) is 7.06. The Morgan fingerprint density at radius 1 is 1.11 bits per heavy atom. The Morgan fingerprint density at radius 2 is 1.78 bits per heavy atom. The molecule has 0 radical (unpaired) electrons. The molecular weight excluding hydrogens is 222 g/mol. The maximum absolute atomic E-state index is 5.92. The van der Waals surface area contributed by atoms with Crippen molar-refractivity contribution < 1.29 is 4.74 Å². The zero-order chi connectivity index (χ0) is 13.1. The molecule has 0 bridgehead atoms. The lowest BCUT2D eigenvalue weighted by atomic mass is 9.86. The van der Waals surface area contributed by atoms with Gasteiger partial charge < -0.3 is 10.1 Å². The summed E-state index contributed by atoms with van der Waals surface area (Å²) in [5, 5.41) is 3.43. The van der Waals surface area contributed by atoms with Crippen molar-refractivity contribution in [2.24, 2.45) is 0 Å². The van der Waals surface area contributed by atoms with Crippen LogP contribution in [0.1, 0.15) is 49.3 Å². The van der Waals surface area contributed by atoms with Crippen molar-refractivity contribution in [3.63, 3.8) is 0 Å². The molecule has 100 valence electrons. The van der Waals surface area contributed by atoms with E-state index in [1.54, 1.807) is 0 Å². The lowest BCUT2D eigenvalue weighted by Crippen LogP contribution is -2.27. The molecule has 1 aliphatic rings. The van der Waals surface area contributed by atoms with Gasteiger partial charge in [0.2, 0.25) is 0 Å². The highest BCUT2D eigenvalue weighted by Gasteiger charge is 2.18. The number of hydrogen-bond donors (Lipinski definition) is 1. The fraction of sp³-hybridized carbons (Fsp3) is 0.625. The summed E-state index contributed by atoms with van der Waals surface area (Å²) in [4.78, 5) is 0. The van der Waals surface area contributed by atoms with Gasteiger partial charge in [-0.25, -0.2) is 0 Å². The van der Waals surface area contributed by atoms with Crippen LogP contribution in [-0.4, -0.2) is 19.2 Å². The molecule has 1 heterocycles. The Balaban J connectivity index is 2.28. The topological polar surface area (TPSA) is 21.3 Å². The van der Waals surface area contributed by atoms with E-state index in [0.717, 1.165) is 18.8 Å². The van der Waals surface area contributed by atoms with Crippen molar-refractivity contribution in [3.8, 4) is 5.75 Å².